The molecule has 1 aliphatic rings. The molecule has 0 saturated heterocycles. The summed E-state index contributed by atoms with van der Waals surface area (Å²) in [4.78, 5) is 12.3. The third-order valence-electron chi connectivity index (χ3n) is 4.11. The summed E-state index contributed by atoms with van der Waals surface area (Å²) < 4.78 is 1.61. The van der Waals surface area contributed by atoms with E-state index in [4.69, 9.17) is 0 Å². The van der Waals surface area contributed by atoms with Gasteiger partial charge in [-0.25, -0.2) is 0 Å². The van der Waals surface area contributed by atoms with Crippen molar-refractivity contribution >= 4 is 5.91 Å². The van der Waals surface area contributed by atoms with E-state index in [0.717, 1.165) is 19.3 Å². The lowest BCUT2D eigenvalue weighted by Gasteiger charge is -2.47. The van der Waals surface area contributed by atoms with Crippen molar-refractivity contribution in [3.8, 4) is 0 Å². The second-order valence-corrected chi connectivity index (χ2v) is 7.15. The van der Waals surface area contributed by atoms with Gasteiger partial charge < -0.3 is 10.4 Å². The highest BCUT2D eigenvalue weighted by atomic mass is 16.3. The average Bonchev–Trinajstić information content (AvgIpc) is 2.73. The molecule has 112 valence electrons. The molecule has 0 unspecified atom stereocenters. The molecule has 1 amide bonds. The second kappa shape index (κ2) is 5.20. The number of aromatic nitrogens is 2. The van der Waals surface area contributed by atoms with Crippen LogP contribution >= 0.6 is 0 Å². The van der Waals surface area contributed by atoms with Crippen molar-refractivity contribution in [3.63, 3.8) is 0 Å². The summed E-state index contributed by atoms with van der Waals surface area (Å²) >= 11 is 0. The van der Waals surface area contributed by atoms with Crippen LogP contribution in [-0.4, -0.2) is 32.9 Å². The summed E-state index contributed by atoms with van der Waals surface area (Å²) in [5.74, 6) is 0.331. The van der Waals surface area contributed by atoms with E-state index < -0.39 is 5.54 Å². The van der Waals surface area contributed by atoms with Crippen LogP contribution in [0.2, 0.25) is 0 Å². The van der Waals surface area contributed by atoms with Crippen LogP contribution in [0.4, 0.5) is 0 Å². The molecule has 1 heterocycles. The van der Waals surface area contributed by atoms with Gasteiger partial charge in [-0.1, -0.05) is 20.8 Å². The Morgan fingerprint density at radius 2 is 2.25 bits per heavy atom. The number of aliphatic hydroxyl groups excluding tert-OH is 1. The zero-order valence-corrected chi connectivity index (χ0v) is 12.8. The number of aliphatic hydroxyl groups is 1. The second-order valence-electron chi connectivity index (χ2n) is 7.15. The molecular formula is C15H25N3O2. The number of nitrogens with zero attached hydrogens (tertiary/aromatic N) is 2. The van der Waals surface area contributed by atoms with Crippen LogP contribution < -0.4 is 5.32 Å². The topological polar surface area (TPSA) is 67.2 Å². The molecule has 1 fully saturated rings. The molecule has 1 aromatic rings. The highest BCUT2D eigenvalue weighted by Crippen LogP contribution is 2.43. The quantitative estimate of drug-likeness (QED) is 0.885. The van der Waals surface area contributed by atoms with Crippen LogP contribution in [0.3, 0.4) is 0 Å². The molecule has 0 bridgehead atoms. The molecule has 2 N–H and O–H groups in total. The van der Waals surface area contributed by atoms with E-state index in [2.05, 4.69) is 31.2 Å². The first-order valence-corrected chi connectivity index (χ1v) is 7.17. The molecule has 0 aromatic carbocycles. The smallest absolute Gasteiger partial charge is 0.254 e. The van der Waals surface area contributed by atoms with Crippen molar-refractivity contribution in [2.24, 2.45) is 18.4 Å². The normalized spacial score (nSPS) is 29.1. The van der Waals surface area contributed by atoms with Gasteiger partial charge in [0.25, 0.3) is 5.91 Å². The third kappa shape index (κ3) is 3.20. The summed E-state index contributed by atoms with van der Waals surface area (Å²) in [7, 11) is 1.78. The molecule has 1 saturated carbocycles. The zero-order valence-electron chi connectivity index (χ0n) is 12.8. The Morgan fingerprint density at radius 3 is 2.75 bits per heavy atom. The molecule has 2 atom stereocenters. The van der Waals surface area contributed by atoms with Crippen molar-refractivity contribution < 1.29 is 9.90 Å². The minimum Gasteiger partial charge on any atom is -0.394 e. The van der Waals surface area contributed by atoms with Gasteiger partial charge in [0.15, 0.2) is 0 Å². The number of aryl methyl sites for hydroxylation is 1. The van der Waals surface area contributed by atoms with Gasteiger partial charge in [0.05, 0.1) is 23.9 Å². The lowest BCUT2D eigenvalue weighted by molar-refractivity contribution is 0.0334. The van der Waals surface area contributed by atoms with E-state index in [9.17, 15) is 9.90 Å². The van der Waals surface area contributed by atoms with Crippen molar-refractivity contribution in [2.75, 3.05) is 6.61 Å². The Morgan fingerprint density at radius 1 is 1.55 bits per heavy atom. The maximum Gasteiger partial charge on any atom is 0.254 e. The summed E-state index contributed by atoms with van der Waals surface area (Å²) in [6, 6.07) is 0. The van der Waals surface area contributed by atoms with Gasteiger partial charge in [-0.05, 0) is 30.6 Å². The maximum atomic E-state index is 12.3. The van der Waals surface area contributed by atoms with Crippen molar-refractivity contribution in [1.82, 2.24) is 15.1 Å². The van der Waals surface area contributed by atoms with Crippen LogP contribution in [0.1, 0.15) is 50.4 Å². The van der Waals surface area contributed by atoms with Crippen LogP contribution in [0.25, 0.3) is 0 Å². The molecule has 0 spiro atoms. The Labute approximate surface area is 120 Å². The van der Waals surface area contributed by atoms with Gasteiger partial charge in [0, 0.05) is 13.2 Å². The van der Waals surface area contributed by atoms with E-state index in [1.807, 2.05) is 0 Å². The first kappa shape index (κ1) is 15.0. The fraction of sp³-hybridized carbons (Fsp3) is 0.733. The van der Waals surface area contributed by atoms with E-state index in [1.54, 1.807) is 24.1 Å². The van der Waals surface area contributed by atoms with Crippen LogP contribution in [-0.2, 0) is 7.05 Å². The zero-order chi connectivity index (χ0) is 15.0. The Kier molecular flexibility index (Phi) is 3.91. The molecule has 1 aromatic heterocycles. The minimum absolute atomic E-state index is 0.0211. The van der Waals surface area contributed by atoms with Gasteiger partial charge in [-0.15, -0.1) is 0 Å². The van der Waals surface area contributed by atoms with Gasteiger partial charge in [0.1, 0.15) is 0 Å². The molecule has 5 nitrogen and oxygen atoms in total. The Balaban J connectivity index is 2.17. The summed E-state index contributed by atoms with van der Waals surface area (Å²) in [5.41, 5.74) is 0.146. The Hall–Kier alpha value is -1.36. The first-order valence-electron chi connectivity index (χ1n) is 7.17. The van der Waals surface area contributed by atoms with E-state index in [1.165, 1.54) is 0 Å². The summed E-state index contributed by atoms with van der Waals surface area (Å²) in [6.45, 7) is 6.56. The molecule has 0 radical (unpaired) electrons. The van der Waals surface area contributed by atoms with E-state index in [0.29, 0.717) is 11.5 Å². The highest BCUT2D eigenvalue weighted by molar-refractivity contribution is 5.94. The number of amides is 1. The van der Waals surface area contributed by atoms with Crippen LogP contribution in [0.15, 0.2) is 12.4 Å². The number of nitrogens with one attached hydrogen (secondary N) is 1. The van der Waals surface area contributed by atoms with Gasteiger partial charge in [-0.2, -0.15) is 5.10 Å². The van der Waals surface area contributed by atoms with E-state index in [-0.39, 0.29) is 17.9 Å². The lowest BCUT2D eigenvalue weighted by atomic mass is 9.64. The fourth-order valence-electron chi connectivity index (χ4n) is 3.85. The SMILES string of the molecule is C[C@H]1CC(C)(C)C[C@@](CO)(NC(=O)c2cnn(C)c2)C1. The van der Waals surface area contributed by atoms with Gasteiger partial charge in [-0.3, -0.25) is 9.48 Å². The number of hydrogen-bond acceptors (Lipinski definition) is 3. The van der Waals surface area contributed by atoms with Crippen molar-refractivity contribution in [1.29, 1.82) is 0 Å². The van der Waals surface area contributed by atoms with Gasteiger partial charge in [0.2, 0.25) is 0 Å². The number of rotatable bonds is 3. The van der Waals surface area contributed by atoms with E-state index >= 15 is 0 Å². The maximum absolute atomic E-state index is 12.3. The molecule has 2 rings (SSSR count). The minimum atomic E-state index is -0.520. The molecular weight excluding hydrogens is 254 g/mol. The summed E-state index contributed by atoms with van der Waals surface area (Å²) in [5, 5.41) is 16.9. The fourth-order valence-corrected chi connectivity index (χ4v) is 3.85. The highest BCUT2D eigenvalue weighted by Gasteiger charge is 2.43. The predicted octanol–water partition coefficient (Wildman–Crippen LogP) is 1.73. The predicted molar refractivity (Wildman–Crippen MR) is 77.3 cm³/mol. The van der Waals surface area contributed by atoms with Crippen LogP contribution in [0.5, 0.6) is 0 Å². The largest absolute Gasteiger partial charge is 0.394 e. The summed E-state index contributed by atoms with van der Waals surface area (Å²) in [6.07, 6.45) is 5.99. The van der Waals surface area contributed by atoms with Crippen LogP contribution in [0, 0.1) is 11.3 Å². The number of hydrogen-bond donors (Lipinski definition) is 2. The molecule has 0 aliphatic heterocycles. The Bertz CT molecular complexity index is 495. The van der Waals surface area contributed by atoms with Gasteiger partial charge >= 0.3 is 0 Å². The lowest BCUT2D eigenvalue weighted by Crippen LogP contribution is -2.57. The monoisotopic (exact) mass is 279 g/mol. The number of carbonyl (C=O) groups excluding carboxylic acids is 1. The third-order valence-corrected chi connectivity index (χ3v) is 4.11. The van der Waals surface area contributed by atoms with Crippen molar-refractivity contribution in [3.05, 3.63) is 18.0 Å². The molecule has 1 aliphatic carbocycles. The molecule has 5 heteroatoms. The first-order chi connectivity index (χ1) is 9.25. The number of carbonyl (C=O) groups is 1. The standard InChI is InChI=1S/C15H25N3O2/c1-11-5-14(2,3)9-15(6-11,10-19)17-13(20)12-7-16-18(4)8-12/h7-8,11,19H,5-6,9-10H2,1-4H3,(H,17,20)/t11-,15-/m0/s1. The van der Waals surface area contributed by atoms with Crippen molar-refractivity contribution in [2.45, 2.75) is 45.6 Å². The average molecular weight is 279 g/mol. The molecule has 20 heavy (non-hydrogen) atoms.